The third-order valence-corrected chi connectivity index (χ3v) is 4.30. The molecule has 0 radical (unpaired) electrons. The van der Waals surface area contributed by atoms with Gasteiger partial charge in [0, 0.05) is 19.3 Å². The van der Waals surface area contributed by atoms with E-state index in [0.717, 1.165) is 28.9 Å². The minimum atomic E-state index is -2.82. The number of methoxy groups -OCH3 is 1. The van der Waals surface area contributed by atoms with Crippen LogP contribution in [0, 0.1) is 0 Å². The molecule has 0 aliphatic heterocycles. The highest BCUT2D eigenvalue weighted by atomic mass is 19.3. The van der Waals surface area contributed by atoms with E-state index in [1.807, 2.05) is 0 Å². The third kappa shape index (κ3) is 4.72. The van der Waals surface area contributed by atoms with Gasteiger partial charge in [-0.25, -0.2) is 23.8 Å². The van der Waals surface area contributed by atoms with Crippen LogP contribution in [0.25, 0.3) is 0 Å². The van der Waals surface area contributed by atoms with Crippen molar-refractivity contribution >= 4 is 18.0 Å². The van der Waals surface area contributed by atoms with Gasteiger partial charge in [-0.1, -0.05) is 0 Å². The van der Waals surface area contributed by atoms with E-state index in [1.165, 1.54) is 7.05 Å². The molecule has 2 rings (SSSR count). The Balaban J connectivity index is 2.40. The molecule has 1 saturated carbocycles. The quantitative estimate of drug-likeness (QED) is 0.595. The lowest BCUT2D eigenvalue weighted by atomic mass is 10.1. The second-order valence-electron chi connectivity index (χ2n) is 7.68. The number of carbonyl (C=O) groups is 3. The molecule has 29 heavy (non-hydrogen) atoms. The van der Waals surface area contributed by atoms with Crippen LogP contribution in [0.4, 0.5) is 13.6 Å². The monoisotopic (exact) mass is 415 g/mol. The minimum Gasteiger partial charge on any atom is -0.465 e. The molecule has 160 valence electrons. The van der Waals surface area contributed by atoms with Gasteiger partial charge in [-0.05, 0) is 33.6 Å². The summed E-state index contributed by atoms with van der Waals surface area (Å²) in [6.45, 7) is 4.88. The van der Waals surface area contributed by atoms with Crippen LogP contribution in [0.2, 0.25) is 0 Å². The van der Waals surface area contributed by atoms with Gasteiger partial charge in [0.1, 0.15) is 11.1 Å². The number of ether oxygens (including phenoxy) is 2. The minimum absolute atomic E-state index is 0.0680. The number of carbonyl (C=O) groups excluding carboxylic acids is 3. The second-order valence-corrected chi connectivity index (χ2v) is 7.68. The summed E-state index contributed by atoms with van der Waals surface area (Å²) in [5, 5.41) is 0.722. The van der Waals surface area contributed by atoms with E-state index in [2.05, 4.69) is 10.2 Å². The maximum absolute atomic E-state index is 13.4. The molecule has 1 N–H and O–H groups in total. The SMILES string of the molecule is COC(=O)c1cn(C2(C(F)F)CC2)c(=O)cc1C(=O)N(C)NC(=O)OC(C)(C)C. The topological polar surface area (TPSA) is 107 Å². The molecule has 11 heteroatoms. The maximum Gasteiger partial charge on any atom is 0.426 e. The first-order valence-electron chi connectivity index (χ1n) is 8.74. The fourth-order valence-electron chi connectivity index (χ4n) is 2.69. The number of amides is 2. The number of alkyl halides is 2. The Morgan fingerprint density at radius 3 is 2.28 bits per heavy atom. The molecule has 0 unspecified atom stereocenters. The molecule has 1 aromatic rings. The number of hydrazine groups is 1. The first-order valence-corrected chi connectivity index (χ1v) is 8.74. The van der Waals surface area contributed by atoms with Crippen molar-refractivity contribution in [2.45, 2.75) is 51.2 Å². The summed E-state index contributed by atoms with van der Waals surface area (Å²) in [4.78, 5) is 49.1. The van der Waals surface area contributed by atoms with Crippen molar-refractivity contribution in [3.05, 3.63) is 33.7 Å². The summed E-state index contributed by atoms with van der Waals surface area (Å²) >= 11 is 0. The van der Waals surface area contributed by atoms with E-state index in [4.69, 9.17) is 4.74 Å². The molecular formula is C18H23F2N3O6. The van der Waals surface area contributed by atoms with Gasteiger partial charge in [0.15, 0.2) is 0 Å². The predicted octanol–water partition coefficient (Wildman–Crippen LogP) is 1.90. The Labute approximate surface area is 165 Å². The maximum atomic E-state index is 13.4. The highest BCUT2D eigenvalue weighted by Crippen LogP contribution is 2.47. The third-order valence-electron chi connectivity index (χ3n) is 4.30. The van der Waals surface area contributed by atoms with E-state index in [0.29, 0.717) is 0 Å². The van der Waals surface area contributed by atoms with Gasteiger partial charge in [0.25, 0.3) is 17.9 Å². The lowest BCUT2D eigenvalue weighted by Gasteiger charge is -2.24. The molecule has 1 aliphatic rings. The van der Waals surface area contributed by atoms with Gasteiger partial charge < -0.3 is 14.0 Å². The summed E-state index contributed by atoms with van der Waals surface area (Å²) in [6.07, 6.45) is -2.71. The van der Waals surface area contributed by atoms with Crippen molar-refractivity contribution in [3.63, 3.8) is 0 Å². The van der Waals surface area contributed by atoms with Gasteiger partial charge in [-0.3, -0.25) is 14.6 Å². The number of esters is 1. The average molecular weight is 415 g/mol. The van der Waals surface area contributed by atoms with E-state index in [-0.39, 0.29) is 18.4 Å². The molecule has 0 spiro atoms. The van der Waals surface area contributed by atoms with Gasteiger partial charge in [0.05, 0.1) is 18.2 Å². The van der Waals surface area contributed by atoms with Crippen LogP contribution < -0.4 is 11.0 Å². The van der Waals surface area contributed by atoms with Crippen LogP contribution in [0.15, 0.2) is 17.1 Å². The van der Waals surface area contributed by atoms with Crippen LogP contribution in [0.1, 0.15) is 54.3 Å². The van der Waals surface area contributed by atoms with Crippen molar-refractivity contribution < 1.29 is 32.6 Å². The van der Waals surface area contributed by atoms with E-state index >= 15 is 0 Å². The Bertz CT molecular complexity index is 887. The van der Waals surface area contributed by atoms with Gasteiger partial charge in [-0.15, -0.1) is 0 Å². The van der Waals surface area contributed by atoms with Crippen molar-refractivity contribution in [1.82, 2.24) is 15.0 Å². The van der Waals surface area contributed by atoms with Crippen molar-refractivity contribution in [1.29, 1.82) is 0 Å². The number of rotatable bonds is 4. The summed E-state index contributed by atoms with van der Waals surface area (Å²) in [7, 11) is 2.23. The van der Waals surface area contributed by atoms with Crippen molar-refractivity contribution in [2.24, 2.45) is 0 Å². The molecule has 2 amide bonds. The lowest BCUT2D eigenvalue weighted by Crippen LogP contribution is -2.46. The Hall–Kier alpha value is -2.98. The Kier molecular flexibility index (Phi) is 6.00. The molecule has 0 saturated heterocycles. The number of halogens is 2. The zero-order valence-electron chi connectivity index (χ0n) is 16.7. The summed E-state index contributed by atoms with van der Waals surface area (Å²) in [6, 6.07) is 0.782. The van der Waals surface area contributed by atoms with Gasteiger partial charge in [-0.2, -0.15) is 0 Å². The largest absolute Gasteiger partial charge is 0.465 e. The number of hydrogen-bond donors (Lipinski definition) is 1. The smallest absolute Gasteiger partial charge is 0.426 e. The van der Waals surface area contributed by atoms with Gasteiger partial charge >= 0.3 is 12.1 Å². The number of nitrogens with one attached hydrogen (secondary N) is 1. The predicted molar refractivity (Wildman–Crippen MR) is 96.7 cm³/mol. The number of nitrogens with zero attached hydrogens (tertiary/aromatic N) is 2. The van der Waals surface area contributed by atoms with Crippen LogP contribution in [0.3, 0.4) is 0 Å². The molecular weight excluding hydrogens is 392 g/mol. The molecule has 1 aromatic heterocycles. The summed E-state index contributed by atoms with van der Waals surface area (Å²) in [5.74, 6) is -1.92. The number of hydrogen-bond acceptors (Lipinski definition) is 6. The number of aromatic nitrogens is 1. The van der Waals surface area contributed by atoms with Crippen molar-refractivity contribution in [3.8, 4) is 0 Å². The summed E-state index contributed by atoms with van der Waals surface area (Å²) in [5.41, 5.74) is -2.00. The average Bonchev–Trinajstić information content (AvgIpc) is 3.40. The zero-order chi connectivity index (χ0) is 22.1. The van der Waals surface area contributed by atoms with E-state index < -0.39 is 46.7 Å². The fourth-order valence-corrected chi connectivity index (χ4v) is 2.69. The van der Waals surface area contributed by atoms with E-state index in [9.17, 15) is 28.0 Å². The van der Waals surface area contributed by atoms with Crippen LogP contribution in [-0.2, 0) is 15.0 Å². The molecule has 1 aliphatic carbocycles. The highest BCUT2D eigenvalue weighted by molar-refractivity contribution is 6.05. The normalized spacial score (nSPS) is 14.9. The van der Waals surface area contributed by atoms with Crippen LogP contribution in [0.5, 0.6) is 0 Å². The first kappa shape index (κ1) is 22.3. The first-order chi connectivity index (χ1) is 13.3. The standard InChI is InChI=1S/C18H23F2N3O6/c1-17(2,3)29-16(27)21-22(4)13(25)10-8-12(24)23(9-11(10)14(26)28-5)18(6-7-18)15(19)20/h8-9,15H,6-7H2,1-5H3,(H,21,27). The highest BCUT2D eigenvalue weighted by Gasteiger charge is 2.53. The summed E-state index contributed by atoms with van der Waals surface area (Å²) < 4.78 is 37.2. The van der Waals surface area contributed by atoms with Crippen LogP contribution in [-0.4, -0.2) is 53.7 Å². The lowest BCUT2D eigenvalue weighted by molar-refractivity contribution is 0.0333. The molecule has 9 nitrogen and oxygen atoms in total. The molecule has 1 fully saturated rings. The zero-order valence-corrected chi connectivity index (χ0v) is 16.7. The van der Waals surface area contributed by atoms with Gasteiger partial charge in [0.2, 0.25) is 0 Å². The van der Waals surface area contributed by atoms with Crippen LogP contribution >= 0.6 is 0 Å². The second kappa shape index (κ2) is 7.80. The molecule has 0 bridgehead atoms. The fraction of sp³-hybridized carbons (Fsp3) is 0.556. The van der Waals surface area contributed by atoms with Crippen molar-refractivity contribution in [2.75, 3.05) is 14.2 Å². The Morgan fingerprint density at radius 1 is 1.24 bits per heavy atom. The Morgan fingerprint density at radius 2 is 1.83 bits per heavy atom. The molecule has 1 heterocycles. The molecule has 0 atom stereocenters. The number of pyridine rings is 1. The molecule has 0 aromatic carbocycles. The van der Waals surface area contributed by atoms with E-state index in [1.54, 1.807) is 20.8 Å².